The van der Waals surface area contributed by atoms with Crippen LogP contribution in [0.4, 0.5) is 18.3 Å². The van der Waals surface area contributed by atoms with Gasteiger partial charge in [0.05, 0.1) is 22.0 Å². The first-order chi connectivity index (χ1) is 17.6. The molecular formula is C26H27ClF3N5OS. The van der Waals surface area contributed by atoms with E-state index < -0.39 is 11.7 Å². The van der Waals surface area contributed by atoms with E-state index in [0.29, 0.717) is 32.7 Å². The standard InChI is InChI=1S/C26H27ClF3N5OS/c1-4-35(5-2)11-10-34(3)25-32-24(36)23(37-25)20(16-7-9-22-18(12-16)15-31-33-22)13-17-6-8-19(27)14-21(17)26(28,29)30/h6-9,12,14-15,36H,4-5,10-11,13H2,1-3H3. The zero-order chi connectivity index (χ0) is 26.7. The maximum absolute atomic E-state index is 13.9. The highest BCUT2D eigenvalue weighted by Crippen LogP contribution is 2.39. The van der Waals surface area contributed by atoms with Crippen molar-refractivity contribution >= 4 is 39.9 Å². The minimum Gasteiger partial charge on any atom is -0.492 e. The highest BCUT2D eigenvalue weighted by molar-refractivity contribution is 7.17. The van der Waals surface area contributed by atoms with Gasteiger partial charge < -0.3 is 14.9 Å². The predicted octanol–water partition coefficient (Wildman–Crippen LogP) is 4.71. The molecule has 2 aromatic carbocycles. The van der Waals surface area contributed by atoms with Crippen molar-refractivity contribution in [3.8, 4) is 5.88 Å². The molecule has 196 valence electrons. The number of hydrogen-bond donors (Lipinski definition) is 1. The van der Waals surface area contributed by atoms with Crippen molar-refractivity contribution in [2.75, 3.05) is 38.1 Å². The van der Waals surface area contributed by atoms with Crippen LogP contribution in [0.5, 0.6) is 5.88 Å². The summed E-state index contributed by atoms with van der Waals surface area (Å²) in [5.74, 6) is -0.217. The first kappa shape index (κ1) is 27.1. The number of aromatic nitrogens is 1. The minimum absolute atomic E-state index is 0.00531. The maximum Gasteiger partial charge on any atom is 0.416 e. The Morgan fingerprint density at radius 3 is 2.54 bits per heavy atom. The molecule has 37 heavy (non-hydrogen) atoms. The van der Waals surface area contributed by atoms with E-state index >= 15 is 0 Å². The van der Waals surface area contributed by atoms with Gasteiger partial charge in [-0.1, -0.05) is 48.9 Å². The number of rotatable bonds is 9. The van der Waals surface area contributed by atoms with Gasteiger partial charge in [-0.15, -0.1) is 0 Å². The van der Waals surface area contributed by atoms with Gasteiger partial charge in [0.15, 0.2) is 5.13 Å². The van der Waals surface area contributed by atoms with Crippen LogP contribution in [0.25, 0.3) is 5.57 Å². The smallest absolute Gasteiger partial charge is 0.416 e. The third-order valence-electron chi connectivity index (χ3n) is 6.33. The van der Waals surface area contributed by atoms with Crippen molar-refractivity contribution in [1.29, 1.82) is 0 Å². The molecule has 0 saturated heterocycles. The summed E-state index contributed by atoms with van der Waals surface area (Å²) in [6.45, 7) is 7.55. The number of nitrogens with zero attached hydrogens (tertiary/aromatic N) is 5. The minimum atomic E-state index is -4.58. The Hall–Kier alpha value is -2.95. The Morgan fingerprint density at radius 2 is 1.84 bits per heavy atom. The molecule has 0 amide bonds. The van der Waals surface area contributed by atoms with Crippen LogP contribution in [0.1, 0.15) is 35.4 Å². The monoisotopic (exact) mass is 549 g/mol. The van der Waals surface area contributed by atoms with Crippen molar-refractivity contribution in [3.05, 3.63) is 73.6 Å². The van der Waals surface area contributed by atoms with E-state index in [1.165, 1.54) is 23.5 Å². The number of aromatic hydroxyl groups is 1. The van der Waals surface area contributed by atoms with E-state index in [2.05, 4.69) is 33.9 Å². The van der Waals surface area contributed by atoms with Crippen LogP contribution in [-0.2, 0) is 12.6 Å². The Labute approximate surface area is 222 Å². The first-order valence-corrected chi connectivity index (χ1v) is 13.0. The molecule has 0 bridgehead atoms. The summed E-state index contributed by atoms with van der Waals surface area (Å²) in [5.41, 5.74) is 0.516. The number of likely N-dealkylation sites (N-methyl/N-ethyl adjacent to an activating group) is 2. The highest BCUT2D eigenvalue weighted by atomic mass is 35.5. The molecule has 1 N–H and O–H groups in total. The van der Waals surface area contributed by atoms with Crippen molar-refractivity contribution < 1.29 is 18.3 Å². The fraction of sp³-hybridized carbons (Fsp3) is 0.346. The molecule has 0 fully saturated rings. The largest absolute Gasteiger partial charge is 0.492 e. The van der Waals surface area contributed by atoms with Crippen molar-refractivity contribution in [2.24, 2.45) is 10.2 Å². The fourth-order valence-corrected chi connectivity index (χ4v) is 5.33. The lowest BCUT2D eigenvalue weighted by atomic mass is 9.96. The summed E-state index contributed by atoms with van der Waals surface area (Å²) in [7, 11) is 1.89. The molecule has 0 unspecified atom stereocenters. The average molecular weight is 550 g/mol. The average Bonchev–Trinajstić information content (AvgIpc) is 3.49. The normalized spacial score (nSPS) is 13.6. The van der Waals surface area contributed by atoms with Crippen molar-refractivity contribution in [2.45, 2.75) is 26.4 Å². The molecular weight excluding hydrogens is 523 g/mol. The molecule has 11 heteroatoms. The number of hydrogen-bond acceptors (Lipinski definition) is 7. The van der Waals surface area contributed by atoms with Gasteiger partial charge in [0.2, 0.25) is 5.88 Å². The first-order valence-electron chi connectivity index (χ1n) is 11.8. The van der Waals surface area contributed by atoms with E-state index in [0.717, 1.165) is 31.3 Å². The molecule has 3 aromatic rings. The zero-order valence-corrected chi connectivity index (χ0v) is 22.3. The van der Waals surface area contributed by atoms with E-state index in [4.69, 9.17) is 11.6 Å². The van der Waals surface area contributed by atoms with Gasteiger partial charge in [-0.25, -0.2) is 0 Å². The lowest BCUT2D eigenvalue weighted by molar-refractivity contribution is -0.138. The predicted molar refractivity (Wildman–Crippen MR) is 142 cm³/mol. The molecule has 0 radical (unpaired) electrons. The summed E-state index contributed by atoms with van der Waals surface area (Å²) >= 11 is 7.16. The molecule has 6 nitrogen and oxygen atoms in total. The Morgan fingerprint density at radius 1 is 1.08 bits per heavy atom. The van der Waals surface area contributed by atoms with E-state index in [1.54, 1.807) is 18.3 Å². The van der Waals surface area contributed by atoms with Gasteiger partial charge >= 0.3 is 6.18 Å². The van der Waals surface area contributed by atoms with Crippen LogP contribution in [0, 0.1) is 0 Å². The summed E-state index contributed by atoms with van der Waals surface area (Å²) < 4.78 is 41.7. The van der Waals surface area contributed by atoms with Gasteiger partial charge in [-0.05, 0) is 53.7 Å². The molecule has 1 aromatic heterocycles. The maximum atomic E-state index is 13.9. The Kier molecular flexibility index (Phi) is 8.20. The summed E-state index contributed by atoms with van der Waals surface area (Å²) in [6.07, 6.45) is -3.07. The number of halogens is 4. The van der Waals surface area contributed by atoms with Gasteiger partial charge in [-0.3, -0.25) is 0 Å². The van der Waals surface area contributed by atoms with Crippen LogP contribution in [-0.4, -0.2) is 54.4 Å². The van der Waals surface area contributed by atoms with Crippen LogP contribution in [0.15, 0.2) is 46.6 Å². The Bertz CT molecular complexity index is 1430. The van der Waals surface area contributed by atoms with Crippen molar-refractivity contribution in [3.63, 3.8) is 0 Å². The highest BCUT2D eigenvalue weighted by Gasteiger charge is 2.34. The molecule has 1 aliphatic heterocycles. The summed E-state index contributed by atoms with van der Waals surface area (Å²) in [6, 6.07) is 9.11. The lowest BCUT2D eigenvalue weighted by Gasteiger charge is -2.22. The van der Waals surface area contributed by atoms with Crippen LogP contribution in [0.3, 0.4) is 0 Å². The van der Waals surface area contributed by atoms with Crippen molar-refractivity contribution in [1.82, 2.24) is 9.88 Å². The number of benzene rings is 2. The van der Waals surface area contributed by atoms with Crippen LogP contribution >= 0.6 is 22.9 Å². The van der Waals surface area contributed by atoms with E-state index in [1.807, 2.05) is 18.0 Å². The summed E-state index contributed by atoms with van der Waals surface area (Å²) in [4.78, 5) is 9.00. The second-order valence-corrected chi connectivity index (χ2v) is 10.1. The van der Waals surface area contributed by atoms with Crippen LogP contribution < -0.4 is 15.5 Å². The zero-order valence-electron chi connectivity index (χ0n) is 20.7. The number of alkyl halides is 3. The van der Waals surface area contributed by atoms with Gasteiger partial charge in [-0.2, -0.15) is 28.4 Å². The number of fused-ring (bicyclic) bond motifs is 1. The SMILES string of the molecule is CCN(CC)CCN(C)c1nc(O)c(C(Cc2ccc(Cl)cc2C(F)(F)F)=c2ccc3c(c2)C=NN=3)s1. The quantitative estimate of drug-likeness (QED) is 0.420. The topological polar surface area (TPSA) is 64.3 Å². The molecule has 0 saturated carbocycles. The molecule has 1 aliphatic rings. The van der Waals surface area contributed by atoms with E-state index in [-0.39, 0.29) is 22.9 Å². The van der Waals surface area contributed by atoms with E-state index in [9.17, 15) is 18.3 Å². The van der Waals surface area contributed by atoms with Gasteiger partial charge in [0.25, 0.3) is 0 Å². The Balaban J connectivity index is 1.80. The molecule has 4 rings (SSSR count). The number of anilines is 1. The van der Waals surface area contributed by atoms with Crippen LogP contribution in [0.2, 0.25) is 5.02 Å². The third-order valence-corrected chi connectivity index (χ3v) is 7.78. The molecule has 0 atom stereocenters. The third kappa shape index (κ3) is 6.14. The molecule has 0 spiro atoms. The fourth-order valence-electron chi connectivity index (χ4n) is 4.15. The molecule has 2 heterocycles. The van der Waals surface area contributed by atoms with Gasteiger partial charge in [0, 0.05) is 37.1 Å². The second-order valence-electron chi connectivity index (χ2n) is 8.67. The molecule has 0 aliphatic carbocycles. The van der Waals surface area contributed by atoms with Gasteiger partial charge in [0.1, 0.15) is 0 Å². The number of thiazole rings is 1. The second kappa shape index (κ2) is 11.2. The lowest BCUT2D eigenvalue weighted by Crippen LogP contribution is -2.33. The summed E-state index contributed by atoms with van der Waals surface area (Å²) in [5, 5.41) is 20.7.